The van der Waals surface area contributed by atoms with Gasteiger partial charge in [-0.3, -0.25) is 0 Å². The third-order valence-corrected chi connectivity index (χ3v) is 1.53. The minimum Gasteiger partial charge on any atom is -0.392 e. The molecule has 0 amide bonds. The first kappa shape index (κ1) is 10.4. The van der Waals surface area contributed by atoms with Gasteiger partial charge >= 0.3 is 0 Å². The van der Waals surface area contributed by atoms with Gasteiger partial charge in [-0.1, -0.05) is 30.0 Å². The molecule has 1 N–H and O–H groups in total. The van der Waals surface area contributed by atoms with Crippen LogP contribution in [0.25, 0.3) is 0 Å². The summed E-state index contributed by atoms with van der Waals surface area (Å²) in [6, 6.07) is 9.69. The predicted molar refractivity (Wildman–Crippen MR) is 57.4 cm³/mol. The van der Waals surface area contributed by atoms with Crippen LogP contribution in [0.5, 0.6) is 0 Å². The Morgan fingerprint density at radius 2 is 1.93 bits per heavy atom. The molecular weight excluding hydrogens is 172 g/mol. The van der Waals surface area contributed by atoms with Crippen molar-refractivity contribution in [1.82, 2.24) is 0 Å². The van der Waals surface area contributed by atoms with Crippen molar-refractivity contribution in [2.75, 3.05) is 0 Å². The molecular formula is C13H12O. The first-order chi connectivity index (χ1) is 6.79. The van der Waals surface area contributed by atoms with Crippen LogP contribution < -0.4 is 0 Å². The molecule has 0 bridgehead atoms. The number of benzene rings is 1. The average molecular weight is 184 g/mol. The summed E-state index contributed by atoms with van der Waals surface area (Å²) in [6.45, 7) is 1.71. The van der Waals surface area contributed by atoms with Gasteiger partial charge in [0.25, 0.3) is 0 Å². The third-order valence-electron chi connectivity index (χ3n) is 1.53. The Bertz CT molecular complexity index is 382. The second kappa shape index (κ2) is 5.86. The van der Waals surface area contributed by atoms with Gasteiger partial charge < -0.3 is 5.11 Å². The number of rotatable bonds is 1. The van der Waals surface area contributed by atoms with E-state index in [1.54, 1.807) is 6.92 Å². The van der Waals surface area contributed by atoms with Crippen molar-refractivity contribution in [3.8, 4) is 23.7 Å². The molecule has 1 heteroatoms. The quantitative estimate of drug-likeness (QED) is 0.660. The molecule has 0 saturated heterocycles. The van der Waals surface area contributed by atoms with E-state index >= 15 is 0 Å². The molecule has 0 saturated carbocycles. The van der Waals surface area contributed by atoms with E-state index in [9.17, 15) is 0 Å². The maximum atomic E-state index is 8.92. The highest BCUT2D eigenvalue weighted by Gasteiger charge is 1.86. The van der Waals surface area contributed by atoms with Crippen molar-refractivity contribution < 1.29 is 5.11 Å². The van der Waals surface area contributed by atoms with E-state index in [1.165, 1.54) is 0 Å². The summed E-state index contributed by atoms with van der Waals surface area (Å²) in [7, 11) is 0. The minimum atomic E-state index is -0.374. The molecule has 1 atom stereocenters. The first-order valence-electron chi connectivity index (χ1n) is 4.51. The first-order valence-corrected chi connectivity index (χ1v) is 4.51. The number of aliphatic hydroxyl groups excluding tert-OH is 1. The molecule has 70 valence electrons. The SMILES string of the molecule is C[C@@H](O)CC#CC#Cc1ccccc1. The van der Waals surface area contributed by atoms with Gasteiger partial charge in [-0.25, -0.2) is 0 Å². The lowest BCUT2D eigenvalue weighted by atomic mass is 10.2. The van der Waals surface area contributed by atoms with E-state index in [1.807, 2.05) is 30.3 Å². The van der Waals surface area contributed by atoms with Crippen molar-refractivity contribution in [2.24, 2.45) is 0 Å². The molecule has 0 radical (unpaired) electrons. The van der Waals surface area contributed by atoms with E-state index < -0.39 is 0 Å². The lowest BCUT2D eigenvalue weighted by Crippen LogP contribution is -1.95. The van der Waals surface area contributed by atoms with Crippen LogP contribution in [0.4, 0.5) is 0 Å². The maximum absolute atomic E-state index is 8.92. The highest BCUT2D eigenvalue weighted by molar-refractivity contribution is 5.39. The molecule has 1 aromatic rings. The monoisotopic (exact) mass is 184 g/mol. The summed E-state index contributed by atoms with van der Waals surface area (Å²) in [5, 5.41) is 8.92. The number of aliphatic hydroxyl groups is 1. The van der Waals surface area contributed by atoms with Gasteiger partial charge in [-0.2, -0.15) is 0 Å². The Balaban J connectivity index is 2.52. The van der Waals surface area contributed by atoms with E-state index in [4.69, 9.17) is 5.11 Å². The van der Waals surface area contributed by atoms with Crippen LogP contribution in [0.3, 0.4) is 0 Å². The van der Waals surface area contributed by atoms with Gasteiger partial charge in [0.2, 0.25) is 0 Å². The van der Waals surface area contributed by atoms with Crippen LogP contribution in [-0.4, -0.2) is 11.2 Å². The lowest BCUT2D eigenvalue weighted by molar-refractivity contribution is 0.201. The van der Waals surface area contributed by atoms with Crippen molar-refractivity contribution in [1.29, 1.82) is 0 Å². The van der Waals surface area contributed by atoms with E-state index in [-0.39, 0.29) is 6.10 Å². The van der Waals surface area contributed by atoms with E-state index in [0.717, 1.165) is 5.56 Å². The fourth-order valence-corrected chi connectivity index (χ4v) is 0.868. The van der Waals surface area contributed by atoms with Gasteiger partial charge in [0, 0.05) is 12.0 Å². The van der Waals surface area contributed by atoms with Crippen LogP contribution in [0.2, 0.25) is 0 Å². The van der Waals surface area contributed by atoms with Crippen molar-refractivity contribution in [3.63, 3.8) is 0 Å². The molecule has 0 heterocycles. The maximum Gasteiger partial charge on any atom is 0.0621 e. The highest BCUT2D eigenvalue weighted by Crippen LogP contribution is 1.94. The fourth-order valence-electron chi connectivity index (χ4n) is 0.868. The molecule has 0 aliphatic heterocycles. The predicted octanol–water partition coefficient (Wildman–Crippen LogP) is 1.81. The largest absolute Gasteiger partial charge is 0.392 e. The molecule has 0 unspecified atom stereocenters. The van der Waals surface area contributed by atoms with Crippen molar-refractivity contribution >= 4 is 0 Å². The minimum absolute atomic E-state index is 0.374. The summed E-state index contributed by atoms with van der Waals surface area (Å²) in [4.78, 5) is 0. The van der Waals surface area contributed by atoms with Gasteiger partial charge in [-0.15, -0.1) is 0 Å². The lowest BCUT2D eigenvalue weighted by Gasteiger charge is -1.91. The zero-order chi connectivity index (χ0) is 10.2. The van der Waals surface area contributed by atoms with Crippen LogP contribution >= 0.6 is 0 Å². The summed E-state index contributed by atoms with van der Waals surface area (Å²) >= 11 is 0. The fraction of sp³-hybridized carbons (Fsp3) is 0.231. The second-order valence-corrected chi connectivity index (χ2v) is 2.97. The highest BCUT2D eigenvalue weighted by atomic mass is 16.3. The van der Waals surface area contributed by atoms with Gasteiger partial charge in [-0.05, 0) is 30.9 Å². The second-order valence-electron chi connectivity index (χ2n) is 2.97. The van der Waals surface area contributed by atoms with Crippen LogP contribution in [0.1, 0.15) is 18.9 Å². The third kappa shape index (κ3) is 4.36. The van der Waals surface area contributed by atoms with Gasteiger partial charge in [0.1, 0.15) is 0 Å². The Hall–Kier alpha value is -1.70. The molecule has 1 nitrogen and oxygen atoms in total. The molecule has 14 heavy (non-hydrogen) atoms. The topological polar surface area (TPSA) is 20.2 Å². The molecule has 0 aromatic heterocycles. The number of hydrogen-bond donors (Lipinski definition) is 1. The van der Waals surface area contributed by atoms with Gasteiger partial charge in [0.05, 0.1) is 6.10 Å². The Labute approximate surface area is 84.8 Å². The normalized spacial score (nSPS) is 10.4. The van der Waals surface area contributed by atoms with Crippen LogP contribution in [0, 0.1) is 23.7 Å². The molecule has 0 aliphatic rings. The van der Waals surface area contributed by atoms with Crippen molar-refractivity contribution in [2.45, 2.75) is 19.4 Å². The van der Waals surface area contributed by atoms with E-state index in [0.29, 0.717) is 6.42 Å². The van der Waals surface area contributed by atoms with E-state index in [2.05, 4.69) is 23.7 Å². The summed E-state index contributed by atoms with van der Waals surface area (Å²) in [5.74, 6) is 11.1. The molecule has 1 aromatic carbocycles. The Morgan fingerprint density at radius 3 is 2.57 bits per heavy atom. The van der Waals surface area contributed by atoms with Crippen LogP contribution in [-0.2, 0) is 0 Å². The van der Waals surface area contributed by atoms with Crippen LogP contribution in [0.15, 0.2) is 30.3 Å². The number of hydrogen-bond acceptors (Lipinski definition) is 1. The summed E-state index contributed by atoms with van der Waals surface area (Å²) < 4.78 is 0. The summed E-state index contributed by atoms with van der Waals surface area (Å²) in [6.07, 6.45) is 0.102. The standard InChI is InChI=1S/C13H12O/c1-12(14)8-4-2-5-9-13-10-6-3-7-11-13/h3,6-7,10-12,14H,8H2,1H3/t12-/m1/s1. The zero-order valence-corrected chi connectivity index (χ0v) is 8.12. The molecule has 0 aliphatic carbocycles. The molecule has 0 spiro atoms. The smallest absolute Gasteiger partial charge is 0.0621 e. The molecule has 0 fully saturated rings. The van der Waals surface area contributed by atoms with Gasteiger partial charge in [0.15, 0.2) is 0 Å². The zero-order valence-electron chi connectivity index (χ0n) is 8.12. The van der Waals surface area contributed by atoms with Crippen molar-refractivity contribution in [3.05, 3.63) is 35.9 Å². The summed E-state index contributed by atoms with van der Waals surface area (Å²) in [5.41, 5.74) is 0.957. The Morgan fingerprint density at radius 1 is 1.21 bits per heavy atom. The molecule has 1 rings (SSSR count). The Kier molecular flexibility index (Phi) is 4.35. The average Bonchev–Trinajstić information content (AvgIpc) is 2.18.